The summed E-state index contributed by atoms with van der Waals surface area (Å²) in [5.74, 6) is -1.36. The molecule has 0 aliphatic carbocycles. The summed E-state index contributed by atoms with van der Waals surface area (Å²) in [5.41, 5.74) is 0.467. The maximum atomic E-state index is 16.0. The average Bonchev–Trinajstić information content (AvgIpc) is 3.71. The molecule has 4 atom stereocenters. The fourth-order valence-corrected chi connectivity index (χ4v) is 6.96. The average molecular weight is 578 g/mol. The van der Waals surface area contributed by atoms with Crippen LogP contribution in [0.4, 0.5) is 20.6 Å². The van der Waals surface area contributed by atoms with Crippen molar-refractivity contribution in [1.82, 2.24) is 15.0 Å². The number of alkyl halides is 1. The van der Waals surface area contributed by atoms with Crippen molar-refractivity contribution < 1.29 is 28.6 Å². The molecule has 2 amide bonds. The van der Waals surface area contributed by atoms with Crippen molar-refractivity contribution in [3.05, 3.63) is 71.5 Å². The topological polar surface area (TPSA) is 110 Å². The number of ether oxygens (including phenoxy) is 2. The van der Waals surface area contributed by atoms with Crippen LogP contribution < -0.4 is 9.80 Å². The van der Waals surface area contributed by atoms with Gasteiger partial charge in [0.2, 0.25) is 0 Å². The summed E-state index contributed by atoms with van der Waals surface area (Å²) < 4.78 is 29.7. The molecule has 42 heavy (non-hydrogen) atoms. The number of amides is 2. The first-order valence-corrected chi connectivity index (χ1v) is 14.4. The summed E-state index contributed by atoms with van der Waals surface area (Å²) in [4.78, 5) is 30.3. The molecular formula is C31H36FN5O5. The summed E-state index contributed by atoms with van der Waals surface area (Å²) in [6.07, 6.45) is 1.53. The zero-order valence-electron chi connectivity index (χ0n) is 24.1. The molecule has 1 N–H and O–H groups in total. The van der Waals surface area contributed by atoms with Gasteiger partial charge in [0.15, 0.2) is 5.60 Å². The number of fused-ring (bicyclic) bond motifs is 2. The largest absolute Gasteiger partial charge is 0.447 e. The molecule has 1 aromatic heterocycles. The normalized spacial score (nSPS) is 25.5. The Balaban J connectivity index is 1.40. The van der Waals surface area contributed by atoms with Gasteiger partial charge in [0, 0.05) is 48.9 Å². The van der Waals surface area contributed by atoms with Crippen molar-refractivity contribution in [3.63, 3.8) is 0 Å². The van der Waals surface area contributed by atoms with E-state index in [1.807, 2.05) is 55.5 Å². The first-order valence-electron chi connectivity index (χ1n) is 14.4. The summed E-state index contributed by atoms with van der Waals surface area (Å²) >= 11 is 0. The van der Waals surface area contributed by atoms with E-state index in [9.17, 15) is 14.7 Å². The number of carbonyl (C=O) groups excluding carboxylic acids is 2. The van der Waals surface area contributed by atoms with Crippen LogP contribution in [0, 0.1) is 11.8 Å². The third kappa shape index (κ3) is 4.74. The van der Waals surface area contributed by atoms with Gasteiger partial charge in [-0.2, -0.15) is 0 Å². The van der Waals surface area contributed by atoms with Crippen molar-refractivity contribution >= 4 is 23.4 Å². The predicted molar refractivity (Wildman–Crippen MR) is 153 cm³/mol. The van der Waals surface area contributed by atoms with E-state index in [1.54, 1.807) is 20.7 Å². The number of aliphatic hydroxyl groups excluding tert-OH is 1. The number of aryl methyl sites for hydroxylation is 1. The molecule has 0 unspecified atom stereocenters. The molecule has 4 heterocycles. The van der Waals surface area contributed by atoms with Crippen molar-refractivity contribution in [1.29, 1.82) is 0 Å². The van der Waals surface area contributed by atoms with E-state index in [-0.39, 0.29) is 19.1 Å². The highest BCUT2D eigenvalue weighted by Crippen LogP contribution is 2.59. The second kappa shape index (κ2) is 10.8. The van der Waals surface area contributed by atoms with Crippen LogP contribution >= 0.6 is 0 Å². The Morgan fingerprint density at radius 3 is 2.64 bits per heavy atom. The van der Waals surface area contributed by atoms with E-state index >= 15 is 4.39 Å². The van der Waals surface area contributed by atoms with E-state index in [0.717, 1.165) is 5.56 Å². The Morgan fingerprint density at radius 1 is 1.17 bits per heavy atom. The minimum Gasteiger partial charge on any atom is -0.447 e. The Bertz CT molecular complexity index is 1470. The van der Waals surface area contributed by atoms with Crippen molar-refractivity contribution in [2.24, 2.45) is 11.8 Å². The molecule has 10 nitrogen and oxygen atoms in total. The lowest BCUT2D eigenvalue weighted by atomic mass is 9.71. The fourth-order valence-electron chi connectivity index (χ4n) is 6.96. The zero-order valence-corrected chi connectivity index (χ0v) is 24.1. The van der Waals surface area contributed by atoms with Gasteiger partial charge in [0.25, 0.3) is 5.91 Å². The van der Waals surface area contributed by atoms with E-state index in [1.165, 1.54) is 13.8 Å². The second-order valence-electron chi connectivity index (χ2n) is 11.9. The third-order valence-corrected chi connectivity index (χ3v) is 8.80. The number of hydrogen-bond donors (Lipinski definition) is 1. The zero-order chi connectivity index (χ0) is 29.6. The Labute approximate surface area is 244 Å². The Morgan fingerprint density at radius 2 is 1.95 bits per heavy atom. The number of halogens is 1. The standard InChI is InChI=1S/C31H36FN5O5/c1-20-27(30(2,3)32)26(11-13-35-19-22(12-15-38)33-34-35)42-31(20)24-17-23(36-14-16-41-29(36)40)9-10-25(24)37(28(31)39)18-21-7-5-4-6-8-21/h4-10,17,19-20,26-27,38H,11-16,18H2,1-3H3/t20-,26+,27-,31+/m1/s1. The van der Waals surface area contributed by atoms with Crippen LogP contribution in [0.15, 0.2) is 54.7 Å². The lowest BCUT2D eigenvalue weighted by molar-refractivity contribution is -0.146. The first-order chi connectivity index (χ1) is 20.1. The Hall–Kier alpha value is -3.83. The van der Waals surface area contributed by atoms with E-state index in [0.29, 0.717) is 55.1 Å². The van der Waals surface area contributed by atoms with Gasteiger partial charge in [-0.05, 0) is 44.0 Å². The summed E-state index contributed by atoms with van der Waals surface area (Å²) in [7, 11) is 0. The number of carbonyl (C=O) groups is 2. The molecule has 11 heteroatoms. The van der Waals surface area contributed by atoms with Crippen LogP contribution in [-0.4, -0.2) is 63.6 Å². The molecule has 222 valence electrons. The number of cyclic esters (lactones) is 1. The maximum absolute atomic E-state index is 16.0. The molecule has 2 saturated heterocycles. The Kier molecular flexibility index (Phi) is 7.26. The van der Waals surface area contributed by atoms with Gasteiger partial charge in [-0.25, -0.2) is 9.18 Å². The maximum Gasteiger partial charge on any atom is 0.414 e. The van der Waals surface area contributed by atoms with Crippen LogP contribution in [0.25, 0.3) is 0 Å². The number of hydrogen-bond acceptors (Lipinski definition) is 7. The van der Waals surface area contributed by atoms with Gasteiger partial charge in [0.05, 0.1) is 30.6 Å². The number of nitrogens with zero attached hydrogens (tertiary/aromatic N) is 5. The van der Waals surface area contributed by atoms with Gasteiger partial charge in [-0.3, -0.25) is 14.4 Å². The van der Waals surface area contributed by atoms with Crippen LogP contribution in [0.3, 0.4) is 0 Å². The minimum atomic E-state index is -1.65. The van der Waals surface area contributed by atoms with E-state index in [4.69, 9.17) is 9.47 Å². The molecule has 2 aromatic carbocycles. The lowest BCUT2D eigenvalue weighted by Gasteiger charge is -2.32. The molecule has 0 radical (unpaired) electrons. The molecule has 1 spiro atoms. The molecule has 2 fully saturated rings. The quantitative estimate of drug-likeness (QED) is 0.409. The number of rotatable bonds is 9. The number of benzene rings is 2. The second-order valence-corrected chi connectivity index (χ2v) is 11.9. The molecule has 3 aliphatic heterocycles. The van der Waals surface area contributed by atoms with Crippen LogP contribution in [0.5, 0.6) is 0 Å². The fraction of sp³-hybridized carbons (Fsp3) is 0.484. The van der Waals surface area contributed by atoms with Gasteiger partial charge >= 0.3 is 6.09 Å². The van der Waals surface area contributed by atoms with Crippen molar-refractivity contribution in [2.45, 2.75) is 64.1 Å². The molecule has 0 bridgehead atoms. The van der Waals surface area contributed by atoms with E-state index in [2.05, 4.69) is 10.3 Å². The highest BCUT2D eigenvalue weighted by atomic mass is 19.1. The molecule has 0 saturated carbocycles. The first kappa shape index (κ1) is 28.3. The van der Waals surface area contributed by atoms with Gasteiger partial charge in [0.1, 0.15) is 12.3 Å². The highest BCUT2D eigenvalue weighted by molar-refractivity contribution is 6.08. The summed E-state index contributed by atoms with van der Waals surface area (Å²) in [6, 6.07) is 15.2. The molecule has 3 aromatic rings. The van der Waals surface area contributed by atoms with Gasteiger partial charge in [-0.15, -0.1) is 5.10 Å². The number of anilines is 2. The molecule has 6 rings (SSSR count). The minimum absolute atomic E-state index is 0.0271. The summed E-state index contributed by atoms with van der Waals surface area (Å²) in [5, 5.41) is 17.5. The van der Waals surface area contributed by atoms with E-state index < -0.39 is 35.3 Å². The monoisotopic (exact) mass is 577 g/mol. The molecular weight excluding hydrogens is 541 g/mol. The van der Waals surface area contributed by atoms with Crippen LogP contribution in [-0.2, 0) is 39.4 Å². The number of aromatic nitrogens is 3. The van der Waals surface area contributed by atoms with Crippen molar-refractivity contribution in [2.75, 3.05) is 29.6 Å². The van der Waals surface area contributed by atoms with Gasteiger partial charge < -0.3 is 19.5 Å². The third-order valence-electron chi connectivity index (χ3n) is 8.80. The lowest BCUT2D eigenvalue weighted by Crippen LogP contribution is -2.45. The number of aliphatic hydroxyl groups is 1. The smallest absolute Gasteiger partial charge is 0.414 e. The van der Waals surface area contributed by atoms with Crippen LogP contribution in [0.2, 0.25) is 0 Å². The molecule has 3 aliphatic rings. The predicted octanol–water partition coefficient (Wildman–Crippen LogP) is 4.00. The van der Waals surface area contributed by atoms with Gasteiger partial charge in [-0.1, -0.05) is 42.5 Å². The van der Waals surface area contributed by atoms with Crippen LogP contribution in [0.1, 0.15) is 44.0 Å². The summed E-state index contributed by atoms with van der Waals surface area (Å²) in [6.45, 7) is 6.38. The SMILES string of the molecule is C[C@@H]1[C@@H](C(C)(C)F)[C@H](CCn2cc(CCO)nn2)O[C@@]12C(=O)N(Cc1ccccc1)c1ccc(N3CCOC3=O)cc12. The van der Waals surface area contributed by atoms with Crippen molar-refractivity contribution in [3.8, 4) is 0 Å². The highest BCUT2D eigenvalue weighted by Gasteiger charge is 2.66.